The molecule has 0 aliphatic heterocycles. The summed E-state index contributed by atoms with van der Waals surface area (Å²) >= 11 is 0. The van der Waals surface area contributed by atoms with Crippen LogP contribution in [0.4, 0.5) is 0 Å². The highest BCUT2D eigenvalue weighted by Crippen LogP contribution is 2.20. The van der Waals surface area contributed by atoms with E-state index in [0.29, 0.717) is 11.8 Å². The van der Waals surface area contributed by atoms with Gasteiger partial charge in [-0.3, -0.25) is 4.68 Å². The van der Waals surface area contributed by atoms with Crippen LogP contribution in [-0.2, 0) is 19.9 Å². The van der Waals surface area contributed by atoms with Crippen LogP contribution in [0.25, 0.3) is 0 Å². The number of aromatic nitrogens is 3. The van der Waals surface area contributed by atoms with Crippen molar-refractivity contribution >= 4 is 0 Å². The molecule has 1 rings (SSSR count). The summed E-state index contributed by atoms with van der Waals surface area (Å²) in [5.41, 5.74) is 5.66. The molecule has 0 radical (unpaired) electrons. The van der Waals surface area contributed by atoms with Crippen molar-refractivity contribution in [1.29, 1.82) is 0 Å². The van der Waals surface area contributed by atoms with Gasteiger partial charge in [0.05, 0.1) is 0 Å². The van der Waals surface area contributed by atoms with Crippen LogP contribution in [0.5, 0.6) is 0 Å². The molecule has 4 heteroatoms. The van der Waals surface area contributed by atoms with E-state index in [4.69, 9.17) is 5.73 Å². The lowest BCUT2D eigenvalue weighted by molar-refractivity contribution is 0.337. The van der Waals surface area contributed by atoms with Gasteiger partial charge in [-0.2, -0.15) is 5.10 Å². The highest BCUT2D eigenvalue weighted by atomic mass is 15.3. The molecule has 0 saturated heterocycles. The average molecular weight is 238 g/mol. The van der Waals surface area contributed by atoms with Gasteiger partial charge in [0, 0.05) is 19.9 Å². The first-order valence-electron chi connectivity index (χ1n) is 6.67. The third kappa shape index (κ3) is 4.11. The van der Waals surface area contributed by atoms with Crippen molar-refractivity contribution in [3.05, 3.63) is 11.6 Å². The Bertz CT molecular complexity index is 330. The molecule has 1 heterocycles. The molecule has 1 atom stereocenters. The maximum atomic E-state index is 5.66. The van der Waals surface area contributed by atoms with Crippen molar-refractivity contribution in [1.82, 2.24) is 14.8 Å². The summed E-state index contributed by atoms with van der Waals surface area (Å²) in [6, 6.07) is 0. The Labute approximate surface area is 105 Å². The third-order valence-corrected chi connectivity index (χ3v) is 3.43. The second-order valence-electron chi connectivity index (χ2n) is 5.04. The van der Waals surface area contributed by atoms with Crippen molar-refractivity contribution in [2.45, 2.75) is 46.5 Å². The van der Waals surface area contributed by atoms with Crippen LogP contribution in [0.1, 0.15) is 45.3 Å². The number of rotatable bonds is 7. The fourth-order valence-corrected chi connectivity index (χ4v) is 2.18. The molecule has 0 saturated carbocycles. The fraction of sp³-hybridized carbons (Fsp3) is 0.846. The van der Waals surface area contributed by atoms with Crippen LogP contribution in [-0.4, -0.2) is 21.3 Å². The van der Waals surface area contributed by atoms with Crippen molar-refractivity contribution in [3.8, 4) is 0 Å². The maximum absolute atomic E-state index is 5.66. The zero-order chi connectivity index (χ0) is 12.8. The molecule has 0 aliphatic rings. The molecule has 0 fully saturated rings. The van der Waals surface area contributed by atoms with Gasteiger partial charge in [0.1, 0.15) is 5.82 Å². The predicted molar refractivity (Wildman–Crippen MR) is 70.7 cm³/mol. The molecule has 1 aromatic rings. The minimum absolute atomic E-state index is 0.692. The Kier molecular flexibility index (Phi) is 5.62. The van der Waals surface area contributed by atoms with Gasteiger partial charge in [-0.15, -0.1) is 0 Å². The molecule has 1 unspecified atom stereocenters. The summed E-state index contributed by atoms with van der Waals surface area (Å²) in [4.78, 5) is 4.54. The SMILES string of the molecule is CCc1nc(CCC(CCN)C(C)C)n(C)n1. The van der Waals surface area contributed by atoms with Crippen LogP contribution < -0.4 is 5.73 Å². The van der Waals surface area contributed by atoms with Gasteiger partial charge in [-0.05, 0) is 31.2 Å². The molecule has 4 nitrogen and oxygen atoms in total. The molecule has 0 amide bonds. The number of nitrogens with zero attached hydrogens (tertiary/aromatic N) is 3. The van der Waals surface area contributed by atoms with Crippen molar-refractivity contribution in [2.75, 3.05) is 6.54 Å². The number of nitrogens with two attached hydrogens (primary N) is 1. The summed E-state index contributed by atoms with van der Waals surface area (Å²) in [7, 11) is 1.98. The van der Waals surface area contributed by atoms with E-state index in [0.717, 1.165) is 43.9 Å². The van der Waals surface area contributed by atoms with Crippen molar-refractivity contribution < 1.29 is 0 Å². The summed E-state index contributed by atoms with van der Waals surface area (Å²) in [6.07, 6.45) is 4.18. The van der Waals surface area contributed by atoms with Crippen LogP contribution in [0.15, 0.2) is 0 Å². The first kappa shape index (κ1) is 14.2. The van der Waals surface area contributed by atoms with Gasteiger partial charge in [0.25, 0.3) is 0 Å². The van der Waals surface area contributed by atoms with Gasteiger partial charge in [-0.25, -0.2) is 4.98 Å². The van der Waals surface area contributed by atoms with E-state index in [1.165, 1.54) is 0 Å². The van der Waals surface area contributed by atoms with Gasteiger partial charge < -0.3 is 5.73 Å². The Balaban J connectivity index is 2.55. The Morgan fingerprint density at radius 2 is 2.00 bits per heavy atom. The Morgan fingerprint density at radius 1 is 1.29 bits per heavy atom. The molecule has 0 aromatic carbocycles. The highest BCUT2D eigenvalue weighted by molar-refractivity contribution is 4.93. The van der Waals surface area contributed by atoms with E-state index in [2.05, 4.69) is 30.9 Å². The smallest absolute Gasteiger partial charge is 0.150 e. The van der Waals surface area contributed by atoms with Crippen LogP contribution >= 0.6 is 0 Å². The zero-order valence-corrected chi connectivity index (χ0v) is 11.6. The van der Waals surface area contributed by atoms with Crippen LogP contribution in [0.3, 0.4) is 0 Å². The second-order valence-corrected chi connectivity index (χ2v) is 5.04. The number of aryl methyl sites for hydroxylation is 3. The summed E-state index contributed by atoms with van der Waals surface area (Å²) in [5, 5.41) is 4.38. The lowest BCUT2D eigenvalue weighted by Crippen LogP contribution is -2.16. The molecule has 0 aliphatic carbocycles. The predicted octanol–water partition coefficient (Wildman–Crippen LogP) is 1.93. The minimum atomic E-state index is 0.692. The molecule has 17 heavy (non-hydrogen) atoms. The van der Waals surface area contributed by atoms with Gasteiger partial charge >= 0.3 is 0 Å². The van der Waals surface area contributed by atoms with Crippen molar-refractivity contribution in [3.63, 3.8) is 0 Å². The number of hydrogen-bond donors (Lipinski definition) is 1. The Hall–Kier alpha value is -0.900. The van der Waals surface area contributed by atoms with E-state index in [-0.39, 0.29) is 0 Å². The van der Waals surface area contributed by atoms with E-state index >= 15 is 0 Å². The normalized spacial score (nSPS) is 13.3. The first-order valence-corrected chi connectivity index (χ1v) is 6.67. The molecule has 98 valence electrons. The molecular formula is C13H26N4. The van der Waals surface area contributed by atoms with Gasteiger partial charge in [0.2, 0.25) is 0 Å². The largest absolute Gasteiger partial charge is 0.330 e. The van der Waals surface area contributed by atoms with E-state index in [1.54, 1.807) is 0 Å². The average Bonchev–Trinajstić information content (AvgIpc) is 2.65. The third-order valence-electron chi connectivity index (χ3n) is 3.43. The lowest BCUT2D eigenvalue weighted by atomic mass is 9.88. The number of hydrogen-bond acceptors (Lipinski definition) is 3. The zero-order valence-electron chi connectivity index (χ0n) is 11.6. The molecule has 0 bridgehead atoms. The molecular weight excluding hydrogens is 212 g/mol. The van der Waals surface area contributed by atoms with Gasteiger partial charge in [0.15, 0.2) is 5.82 Å². The highest BCUT2D eigenvalue weighted by Gasteiger charge is 2.14. The quantitative estimate of drug-likeness (QED) is 0.789. The minimum Gasteiger partial charge on any atom is -0.330 e. The summed E-state index contributed by atoms with van der Waals surface area (Å²) in [6.45, 7) is 7.41. The maximum Gasteiger partial charge on any atom is 0.150 e. The van der Waals surface area contributed by atoms with E-state index in [1.807, 2.05) is 11.7 Å². The summed E-state index contributed by atoms with van der Waals surface area (Å²) in [5.74, 6) is 3.44. The molecule has 1 aromatic heterocycles. The van der Waals surface area contributed by atoms with Crippen molar-refractivity contribution in [2.24, 2.45) is 24.6 Å². The first-order chi connectivity index (χ1) is 8.08. The molecule has 2 N–H and O–H groups in total. The summed E-state index contributed by atoms with van der Waals surface area (Å²) < 4.78 is 1.92. The topological polar surface area (TPSA) is 56.7 Å². The second kappa shape index (κ2) is 6.74. The van der Waals surface area contributed by atoms with Crippen LogP contribution in [0.2, 0.25) is 0 Å². The monoisotopic (exact) mass is 238 g/mol. The molecule has 0 spiro atoms. The lowest BCUT2D eigenvalue weighted by Gasteiger charge is -2.19. The fourth-order valence-electron chi connectivity index (χ4n) is 2.18. The van der Waals surface area contributed by atoms with Crippen LogP contribution in [0, 0.1) is 11.8 Å². The van der Waals surface area contributed by atoms with E-state index < -0.39 is 0 Å². The van der Waals surface area contributed by atoms with Gasteiger partial charge in [-0.1, -0.05) is 20.8 Å². The Morgan fingerprint density at radius 3 is 2.47 bits per heavy atom. The standard InChI is InChI=1S/C13H26N4/c1-5-12-15-13(17(4)16-12)7-6-11(8-9-14)10(2)3/h10-11H,5-9,14H2,1-4H3. The van der Waals surface area contributed by atoms with E-state index in [9.17, 15) is 0 Å².